The van der Waals surface area contributed by atoms with Crippen LogP contribution in [0.2, 0.25) is 0 Å². The number of aliphatic carboxylic acids is 1. The minimum atomic E-state index is -0.752. The average molecular weight is 284 g/mol. The van der Waals surface area contributed by atoms with E-state index in [-0.39, 0.29) is 18.4 Å². The molecule has 0 spiro atoms. The zero-order chi connectivity index (χ0) is 14.4. The predicted molar refractivity (Wildman–Crippen MR) is 73.4 cm³/mol. The molecule has 2 aliphatic rings. The molecule has 0 aromatic rings. The van der Waals surface area contributed by atoms with Gasteiger partial charge in [-0.2, -0.15) is 0 Å². The second-order valence-corrected chi connectivity index (χ2v) is 5.72. The Morgan fingerprint density at radius 1 is 1.25 bits per heavy atom. The molecule has 1 unspecified atom stereocenters. The summed E-state index contributed by atoms with van der Waals surface area (Å²) in [6.07, 6.45) is 3.43. The lowest BCUT2D eigenvalue weighted by Gasteiger charge is -2.30. The number of carboxylic acid groups (broad SMARTS) is 1. The Bertz CT molecular complexity index is 334. The Hall–Kier alpha value is -1.14. The van der Waals surface area contributed by atoms with Gasteiger partial charge in [0.05, 0.1) is 12.5 Å². The summed E-state index contributed by atoms with van der Waals surface area (Å²) in [4.78, 5) is 24.5. The number of ether oxygens (including phenoxy) is 1. The highest BCUT2D eigenvalue weighted by Crippen LogP contribution is 2.17. The topological polar surface area (TPSA) is 78.9 Å². The van der Waals surface area contributed by atoms with Gasteiger partial charge >= 0.3 is 5.97 Å². The summed E-state index contributed by atoms with van der Waals surface area (Å²) in [5, 5.41) is 12.2. The van der Waals surface area contributed by atoms with Gasteiger partial charge in [0, 0.05) is 19.6 Å². The third kappa shape index (κ3) is 4.45. The fourth-order valence-corrected chi connectivity index (χ4v) is 2.85. The minimum absolute atomic E-state index is 0.0161. The zero-order valence-corrected chi connectivity index (χ0v) is 11.8. The lowest BCUT2D eigenvalue weighted by Crippen LogP contribution is -2.42. The third-order valence-electron chi connectivity index (χ3n) is 4.17. The highest BCUT2D eigenvalue weighted by atomic mass is 16.5. The highest BCUT2D eigenvalue weighted by Gasteiger charge is 2.27. The number of piperidine rings is 2. The molecule has 2 N–H and O–H groups in total. The molecule has 0 bridgehead atoms. The van der Waals surface area contributed by atoms with Gasteiger partial charge in [0.1, 0.15) is 6.61 Å². The number of likely N-dealkylation sites (tertiary alicyclic amines) is 1. The number of carbonyl (C=O) groups excluding carboxylic acids is 1. The molecule has 0 aromatic heterocycles. The Kier molecular flexibility index (Phi) is 5.79. The summed E-state index contributed by atoms with van der Waals surface area (Å²) in [6.45, 7) is 3.86. The number of carboxylic acids is 1. The van der Waals surface area contributed by atoms with Crippen LogP contribution in [0.3, 0.4) is 0 Å². The number of hydrogen-bond acceptors (Lipinski definition) is 4. The van der Waals surface area contributed by atoms with Gasteiger partial charge in [-0.05, 0) is 38.1 Å². The highest BCUT2D eigenvalue weighted by molar-refractivity contribution is 5.78. The van der Waals surface area contributed by atoms with E-state index in [1.54, 1.807) is 4.90 Å². The lowest BCUT2D eigenvalue weighted by molar-refractivity contribution is -0.147. The molecule has 114 valence electrons. The number of amides is 1. The fraction of sp³-hybridized carbons (Fsp3) is 0.857. The smallest absolute Gasteiger partial charge is 0.306 e. The first-order valence-corrected chi connectivity index (χ1v) is 7.46. The van der Waals surface area contributed by atoms with E-state index >= 15 is 0 Å². The Morgan fingerprint density at radius 2 is 2.00 bits per heavy atom. The standard InChI is InChI=1S/C14H24N2O4/c17-13(10-20-9-11-2-1-5-15-8-11)16-6-3-12(4-7-16)14(18)19/h11-12,15H,1-10H2,(H,18,19). The van der Waals surface area contributed by atoms with Crippen molar-refractivity contribution >= 4 is 11.9 Å². The predicted octanol–water partition coefficient (Wildman–Crippen LogP) is 0.326. The number of nitrogens with zero attached hydrogens (tertiary/aromatic N) is 1. The second kappa shape index (κ2) is 7.59. The maximum atomic E-state index is 12.0. The monoisotopic (exact) mass is 284 g/mol. The van der Waals surface area contributed by atoms with Gasteiger partial charge in [-0.25, -0.2) is 0 Å². The summed E-state index contributed by atoms with van der Waals surface area (Å²) >= 11 is 0. The van der Waals surface area contributed by atoms with Crippen molar-refractivity contribution in [2.45, 2.75) is 25.7 Å². The van der Waals surface area contributed by atoms with Crippen LogP contribution in [0.1, 0.15) is 25.7 Å². The number of hydrogen-bond donors (Lipinski definition) is 2. The van der Waals surface area contributed by atoms with Gasteiger partial charge in [0.25, 0.3) is 0 Å². The Labute approximate surface area is 119 Å². The molecule has 2 fully saturated rings. The van der Waals surface area contributed by atoms with Crippen LogP contribution in [0.4, 0.5) is 0 Å². The first-order chi connectivity index (χ1) is 9.66. The first kappa shape index (κ1) is 15.3. The van der Waals surface area contributed by atoms with E-state index < -0.39 is 5.97 Å². The quantitative estimate of drug-likeness (QED) is 0.760. The van der Waals surface area contributed by atoms with Crippen molar-refractivity contribution in [2.75, 3.05) is 39.4 Å². The second-order valence-electron chi connectivity index (χ2n) is 5.72. The van der Waals surface area contributed by atoms with Crippen LogP contribution in [0, 0.1) is 11.8 Å². The molecule has 0 radical (unpaired) electrons. The molecular formula is C14H24N2O4. The van der Waals surface area contributed by atoms with E-state index in [9.17, 15) is 9.59 Å². The summed E-state index contributed by atoms with van der Waals surface area (Å²) < 4.78 is 5.51. The molecular weight excluding hydrogens is 260 g/mol. The van der Waals surface area contributed by atoms with Crippen LogP contribution in [-0.4, -0.2) is 61.3 Å². The maximum Gasteiger partial charge on any atom is 0.306 e. The van der Waals surface area contributed by atoms with Crippen molar-refractivity contribution in [1.29, 1.82) is 0 Å². The van der Waals surface area contributed by atoms with Crippen LogP contribution in [0.25, 0.3) is 0 Å². The van der Waals surface area contributed by atoms with E-state index in [0.29, 0.717) is 38.5 Å². The van der Waals surface area contributed by atoms with Crippen LogP contribution in [0.5, 0.6) is 0 Å². The van der Waals surface area contributed by atoms with Crippen molar-refractivity contribution in [1.82, 2.24) is 10.2 Å². The van der Waals surface area contributed by atoms with Crippen molar-refractivity contribution in [3.63, 3.8) is 0 Å². The molecule has 2 heterocycles. The van der Waals surface area contributed by atoms with Crippen molar-refractivity contribution < 1.29 is 19.4 Å². The molecule has 20 heavy (non-hydrogen) atoms. The molecule has 6 heteroatoms. The Balaban J connectivity index is 1.61. The molecule has 0 aromatic carbocycles. The van der Waals surface area contributed by atoms with E-state index in [1.807, 2.05) is 0 Å². The number of rotatable bonds is 5. The molecule has 2 rings (SSSR count). The van der Waals surface area contributed by atoms with Crippen LogP contribution < -0.4 is 5.32 Å². The van der Waals surface area contributed by atoms with Crippen LogP contribution >= 0.6 is 0 Å². The van der Waals surface area contributed by atoms with Crippen molar-refractivity contribution in [3.05, 3.63) is 0 Å². The summed E-state index contributed by atoms with van der Waals surface area (Å²) in [5.41, 5.74) is 0. The maximum absolute atomic E-state index is 12.0. The summed E-state index contributed by atoms with van der Waals surface area (Å²) in [7, 11) is 0. The van der Waals surface area contributed by atoms with Crippen molar-refractivity contribution in [3.8, 4) is 0 Å². The SMILES string of the molecule is O=C(O)C1CCN(C(=O)COCC2CCCNC2)CC1. The van der Waals surface area contributed by atoms with Gasteiger partial charge in [-0.1, -0.05) is 0 Å². The largest absolute Gasteiger partial charge is 0.481 e. The lowest BCUT2D eigenvalue weighted by atomic mass is 9.97. The minimum Gasteiger partial charge on any atom is -0.481 e. The fourth-order valence-electron chi connectivity index (χ4n) is 2.85. The van der Waals surface area contributed by atoms with Crippen LogP contribution in [0.15, 0.2) is 0 Å². The molecule has 1 amide bonds. The first-order valence-electron chi connectivity index (χ1n) is 7.46. The van der Waals surface area contributed by atoms with E-state index in [2.05, 4.69) is 5.32 Å². The number of carbonyl (C=O) groups is 2. The van der Waals surface area contributed by atoms with Crippen molar-refractivity contribution in [2.24, 2.45) is 11.8 Å². The number of nitrogens with one attached hydrogen (secondary N) is 1. The van der Waals surface area contributed by atoms with E-state index in [1.165, 1.54) is 6.42 Å². The van der Waals surface area contributed by atoms with Gasteiger partial charge in [-0.15, -0.1) is 0 Å². The Morgan fingerprint density at radius 3 is 2.60 bits per heavy atom. The van der Waals surface area contributed by atoms with Gasteiger partial charge < -0.3 is 20.1 Å². The normalized spacial score (nSPS) is 24.6. The van der Waals surface area contributed by atoms with E-state index in [0.717, 1.165) is 19.5 Å². The van der Waals surface area contributed by atoms with Gasteiger partial charge in [-0.3, -0.25) is 9.59 Å². The average Bonchev–Trinajstić information content (AvgIpc) is 2.48. The van der Waals surface area contributed by atoms with E-state index in [4.69, 9.17) is 9.84 Å². The molecule has 2 saturated heterocycles. The summed E-state index contributed by atoms with van der Waals surface area (Å²) in [6, 6.07) is 0. The van der Waals surface area contributed by atoms with Gasteiger partial charge in [0.2, 0.25) is 5.91 Å². The van der Waals surface area contributed by atoms with Crippen LogP contribution in [-0.2, 0) is 14.3 Å². The van der Waals surface area contributed by atoms with Gasteiger partial charge in [0.15, 0.2) is 0 Å². The molecule has 0 aliphatic carbocycles. The molecule has 6 nitrogen and oxygen atoms in total. The third-order valence-corrected chi connectivity index (χ3v) is 4.17. The molecule has 0 saturated carbocycles. The summed E-state index contributed by atoms with van der Waals surface area (Å²) in [5.74, 6) is -0.557. The zero-order valence-electron chi connectivity index (χ0n) is 11.8. The molecule has 1 atom stereocenters. The molecule has 2 aliphatic heterocycles.